The molecule has 1 fully saturated rings. The van der Waals surface area contributed by atoms with E-state index in [4.69, 9.17) is 4.74 Å². The molecular weight excluding hydrogens is 204 g/mol. The van der Waals surface area contributed by atoms with Crippen LogP contribution in [0.25, 0.3) is 0 Å². The predicted octanol–water partition coefficient (Wildman–Crippen LogP) is 1.57. The van der Waals surface area contributed by atoms with Crippen molar-refractivity contribution in [1.29, 1.82) is 0 Å². The molecule has 0 aromatic carbocycles. The Kier molecular flexibility index (Phi) is 4.94. The number of nitrogens with one attached hydrogen (secondary N) is 1. The van der Waals surface area contributed by atoms with Crippen LogP contribution in [0.1, 0.15) is 26.2 Å². The fraction of sp³-hybridized carbons (Fsp3) is 0.900. The second-order valence-corrected chi connectivity index (χ2v) is 3.80. The van der Waals surface area contributed by atoms with Crippen molar-refractivity contribution in [3.05, 3.63) is 0 Å². The van der Waals surface area contributed by atoms with E-state index in [9.17, 15) is 13.6 Å². The molecule has 5 heteroatoms. The van der Waals surface area contributed by atoms with Gasteiger partial charge in [-0.25, -0.2) is 8.78 Å². The van der Waals surface area contributed by atoms with Crippen molar-refractivity contribution in [3.8, 4) is 0 Å². The molecule has 1 heterocycles. The topological polar surface area (TPSA) is 38.3 Å². The lowest BCUT2D eigenvalue weighted by Gasteiger charge is -2.18. The van der Waals surface area contributed by atoms with Crippen LogP contribution >= 0.6 is 0 Å². The summed E-state index contributed by atoms with van der Waals surface area (Å²) in [5.74, 6) is -0.309. The van der Waals surface area contributed by atoms with Gasteiger partial charge in [-0.15, -0.1) is 0 Å². The van der Waals surface area contributed by atoms with Crippen molar-refractivity contribution < 1.29 is 18.3 Å². The summed E-state index contributed by atoms with van der Waals surface area (Å²) < 4.78 is 29.3. The highest BCUT2D eigenvalue weighted by atomic mass is 19.3. The van der Waals surface area contributed by atoms with Crippen molar-refractivity contribution in [3.63, 3.8) is 0 Å². The number of carbonyl (C=O) groups excluding carboxylic acids is 1. The molecule has 0 bridgehead atoms. The molecule has 0 spiro atoms. The van der Waals surface area contributed by atoms with E-state index >= 15 is 0 Å². The average Bonchev–Trinajstić information content (AvgIpc) is 2.68. The SMILES string of the molecule is CC[C@H](CC(F)F)NC(=O)[C@@H]1CCOC1. The van der Waals surface area contributed by atoms with Gasteiger partial charge in [0.1, 0.15) is 0 Å². The first kappa shape index (κ1) is 12.4. The minimum absolute atomic E-state index is 0.153. The third-order valence-corrected chi connectivity index (χ3v) is 2.60. The molecule has 15 heavy (non-hydrogen) atoms. The third kappa shape index (κ3) is 4.11. The number of halogens is 2. The molecule has 1 N–H and O–H groups in total. The maximum absolute atomic E-state index is 12.1. The second kappa shape index (κ2) is 6.00. The first-order valence-corrected chi connectivity index (χ1v) is 5.29. The standard InChI is InChI=1S/C10H17F2NO2/c1-2-8(5-9(11)12)13-10(14)7-3-4-15-6-7/h7-9H,2-6H2,1H3,(H,13,14)/t7-,8-/m1/s1. The smallest absolute Gasteiger partial charge is 0.240 e. The Balaban J connectivity index is 2.33. The zero-order chi connectivity index (χ0) is 11.3. The Hall–Kier alpha value is -0.710. The van der Waals surface area contributed by atoms with E-state index in [1.54, 1.807) is 6.92 Å². The van der Waals surface area contributed by atoms with E-state index in [0.29, 0.717) is 26.1 Å². The quantitative estimate of drug-likeness (QED) is 0.765. The van der Waals surface area contributed by atoms with Gasteiger partial charge < -0.3 is 10.1 Å². The van der Waals surface area contributed by atoms with Crippen LogP contribution in [0.2, 0.25) is 0 Å². The highest BCUT2D eigenvalue weighted by Crippen LogP contribution is 2.14. The number of rotatable bonds is 5. The van der Waals surface area contributed by atoms with Crippen molar-refractivity contribution in [2.45, 2.75) is 38.7 Å². The molecule has 1 aliphatic rings. The molecule has 0 aliphatic carbocycles. The molecular formula is C10H17F2NO2. The van der Waals surface area contributed by atoms with Gasteiger partial charge in [0.2, 0.25) is 12.3 Å². The summed E-state index contributed by atoms with van der Waals surface area (Å²) in [6.07, 6.45) is -1.41. The van der Waals surface area contributed by atoms with E-state index in [2.05, 4.69) is 5.32 Å². The van der Waals surface area contributed by atoms with E-state index in [-0.39, 0.29) is 18.2 Å². The van der Waals surface area contributed by atoms with E-state index < -0.39 is 12.5 Å². The van der Waals surface area contributed by atoms with Gasteiger partial charge in [-0.2, -0.15) is 0 Å². The Morgan fingerprint density at radius 3 is 2.80 bits per heavy atom. The van der Waals surface area contributed by atoms with Gasteiger partial charge in [-0.05, 0) is 12.8 Å². The van der Waals surface area contributed by atoms with E-state index in [0.717, 1.165) is 0 Å². The number of carbonyl (C=O) groups is 1. The minimum atomic E-state index is -2.37. The molecule has 0 saturated carbocycles. The third-order valence-electron chi connectivity index (χ3n) is 2.60. The van der Waals surface area contributed by atoms with Gasteiger partial charge in [-0.1, -0.05) is 6.92 Å². The van der Waals surface area contributed by atoms with Crippen molar-refractivity contribution in [2.24, 2.45) is 5.92 Å². The summed E-state index contributed by atoms with van der Waals surface area (Å²) in [5.41, 5.74) is 0. The lowest BCUT2D eigenvalue weighted by atomic mass is 10.1. The molecule has 0 aromatic heterocycles. The molecule has 0 unspecified atom stereocenters. The van der Waals surface area contributed by atoms with Crippen LogP contribution in [0.15, 0.2) is 0 Å². The fourth-order valence-electron chi connectivity index (χ4n) is 1.60. The monoisotopic (exact) mass is 221 g/mol. The van der Waals surface area contributed by atoms with Crippen LogP contribution in [0.5, 0.6) is 0 Å². The molecule has 1 rings (SSSR count). The Labute approximate surface area is 88.2 Å². The summed E-state index contributed by atoms with van der Waals surface area (Å²) in [6, 6.07) is -0.418. The molecule has 3 nitrogen and oxygen atoms in total. The number of ether oxygens (including phenoxy) is 1. The van der Waals surface area contributed by atoms with Crippen molar-refractivity contribution in [2.75, 3.05) is 13.2 Å². The first-order chi connectivity index (χ1) is 7.13. The second-order valence-electron chi connectivity index (χ2n) is 3.80. The van der Waals surface area contributed by atoms with Crippen LogP contribution in [0, 0.1) is 5.92 Å². The van der Waals surface area contributed by atoms with Crippen LogP contribution in [-0.2, 0) is 9.53 Å². The lowest BCUT2D eigenvalue weighted by Crippen LogP contribution is -2.39. The van der Waals surface area contributed by atoms with Gasteiger partial charge in [-0.3, -0.25) is 4.79 Å². The average molecular weight is 221 g/mol. The van der Waals surface area contributed by atoms with Crippen LogP contribution < -0.4 is 5.32 Å². The molecule has 1 amide bonds. The predicted molar refractivity (Wildman–Crippen MR) is 51.8 cm³/mol. The number of alkyl halides is 2. The Morgan fingerprint density at radius 1 is 1.60 bits per heavy atom. The van der Waals surface area contributed by atoms with Crippen molar-refractivity contribution in [1.82, 2.24) is 5.32 Å². The Bertz CT molecular complexity index is 206. The van der Waals surface area contributed by atoms with Crippen LogP contribution in [0.4, 0.5) is 8.78 Å². The number of amides is 1. The lowest BCUT2D eigenvalue weighted by molar-refractivity contribution is -0.125. The molecule has 0 radical (unpaired) electrons. The van der Waals surface area contributed by atoms with Crippen LogP contribution in [-0.4, -0.2) is 31.6 Å². The summed E-state index contributed by atoms with van der Waals surface area (Å²) in [5, 5.41) is 2.64. The van der Waals surface area contributed by atoms with Gasteiger partial charge in [0, 0.05) is 19.1 Å². The molecule has 2 atom stereocenters. The summed E-state index contributed by atoms with van der Waals surface area (Å²) in [6.45, 7) is 2.79. The molecule has 88 valence electrons. The highest BCUT2D eigenvalue weighted by molar-refractivity contribution is 5.79. The Morgan fingerprint density at radius 2 is 2.33 bits per heavy atom. The van der Waals surface area contributed by atoms with Crippen molar-refractivity contribution >= 4 is 5.91 Å². The number of hydrogen-bond donors (Lipinski definition) is 1. The first-order valence-electron chi connectivity index (χ1n) is 5.29. The normalized spacial score (nSPS) is 23.1. The van der Waals surface area contributed by atoms with Gasteiger partial charge in [0.15, 0.2) is 0 Å². The zero-order valence-electron chi connectivity index (χ0n) is 8.84. The maximum atomic E-state index is 12.1. The molecule has 1 aliphatic heterocycles. The maximum Gasteiger partial charge on any atom is 0.240 e. The summed E-state index contributed by atoms with van der Waals surface area (Å²) in [4.78, 5) is 11.6. The van der Waals surface area contributed by atoms with Gasteiger partial charge in [0.05, 0.1) is 12.5 Å². The van der Waals surface area contributed by atoms with E-state index in [1.165, 1.54) is 0 Å². The molecule has 0 aromatic rings. The number of hydrogen-bond acceptors (Lipinski definition) is 2. The summed E-state index contributed by atoms with van der Waals surface area (Å²) in [7, 11) is 0. The van der Waals surface area contributed by atoms with Gasteiger partial charge >= 0.3 is 0 Å². The highest BCUT2D eigenvalue weighted by Gasteiger charge is 2.25. The van der Waals surface area contributed by atoms with Crippen LogP contribution in [0.3, 0.4) is 0 Å². The summed E-state index contributed by atoms with van der Waals surface area (Å²) >= 11 is 0. The zero-order valence-corrected chi connectivity index (χ0v) is 8.84. The minimum Gasteiger partial charge on any atom is -0.381 e. The molecule has 1 saturated heterocycles. The largest absolute Gasteiger partial charge is 0.381 e. The van der Waals surface area contributed by atoms with Gasteiger partial charge in [0.25, 0.3) is 0 Å². The van der Waals surface area contributed by atoms with E-state index in [1.807, 2.05) is 0 Å². The fourth-order valence-corrected chi connectivity index (χ4v) is 1.60.